The summed E-state index contributed by atoms with van der Waals surface area (Å²) < 4.78 is 13.5. The highest BCUT2D eigenvalue weighted by atomic mass is 19.1. The molecule has 25 heavy (non-hydrogen) atoms. The summed E-state index contributed by atoms with van der Waals surface area (Å²) in [6.45, 7) is 7.06. The third-order valence-electron chi connectivity index (χ3n) is 4.90. The molecule has 1 aliphatic rings. The summed E-state index contributed by atoms with van der Waals surface area (Å²) in [5.74, 6) is 0.285. The van der Waals surface area contributed by atoms with Crippen LogP contribution in [-0.2, 0) is 0 Å². The molecular weight excluding hydrogens is 317 g/mol. The first-order valence-electron chi connectivity index (χ1n) is 8.73. The van der Waals surface area contributed by atoms with Crippen LogP contribution in [0.5, 0.6) is 0 Å². The Hall–Kier alpha value is -2.43. The van der Waals surface area contributed by atoms with Crippen molar-refractivity contribution in [2.75, 3.05) is 11.9 Å². The van der Waals surface area contributed by atoms with E-state index in [1.807, 2.05) is 30.0 Å². The maximum atomic E-state index is 13.5. The normalized spacial score (nSPS) is 20.4. The van der Waals surface area contributed by atoms with Gasteiger partial charge in [-0.05, 0) is 61.9 Å². The van der Waals surface area contributed by atoms with Crippen molar-refractivity contribution < 1.29 is 9.18 Å². The van der Waals surface area contributed by atoms with Gasteiger partial charge < -0.3 is 10.2 Å². The zero-order valence-electron chi connectivity index (χ0n) is 14.9. The van der Waals surface area contributed by atoms with Crippen LogP contribution in [0.2, 0.25) is 0 Å². The predicted octanol–water partition coefficient (Wildman–Crippen LogP) is 4.85. The standard InChI is InChI=1S/C20H24FN3O/c1-13-6-7-24(15(3)8-13)20(25)23-18-5-4-14(2)19(10-18)16-9-17(21)12-22-11-16/h4-5,9-13,15H,6-8H2,1-3H3,(H,23,25). The highest BCUT2D eigenvalue weighted by molar-refractivity contribution is 5.90. The summed E-state index contributed by atoms with van der Waals surface area (Å²) in [5.41, 5.74) is 3.28. The molecule has 2 heterocycles. The number of hydrogen-bond donors (Lipinski definition) is 1. The molecule has 2 amide bonds. The van der Waals surface area contributed by atoms with Crippen LogP contribution in [0.4, 0.5) is 14.9 Å². The van der Waals surface area contributed by atoms with Gasteiger partial charge in [0, 0.05) is 30.0 Å². The summed E-state index contributed by atoms with van der Waals surface area (Å²) >= 11 is 0. The molecule has 0 bridgehead atoms. The SMILES string of the molecule is Cc1ccc(NC(=O)N2CCC(C)CC2C)cc1-c1cncc(F)c1. The molecule has 0 aliphatic carbocycles. The summed E-state index contributed by atoms with van der Waals surface area (Å²) in [6, 6.07) is 7.29. The van der Waals surface area contributed by atoms with E-state index >= 15 is 0 Å². The molecule has 1 N–H and O–H groups in total. The minimum absolute atomic E-state index is 0.0772. The molecule has 2 aromatic rings. The molecule has 1 aromatic carbocycles. The fourth-order valence-electron chi connectivity index (χ4n) is 3.47. The van der Waals surface area contributed by atoms with E-state index in [1.54, 1.807) is 6.20 Å². The lowest BCUT2D eigenvalue weighted by Gasteiger charge is -2.36. The van der Waals surface area contributed by atoms with E-state index < -0.39 is 0 Å². The van der Waals surface area contributed by atoms with Gasteiger partial charge in [-0.15, -0.1) is 0 Å². The van der Waals surface area contributed by atoms with E-state index in [-0.39, 0.29) is 17.9 Å². The quantitative estimate of drug-likeness (QED) is 0.849. The number of urea groups is 1. The molecule has 2 unspecified atom stereocenters. The molecule has 1 fully saturated rings. The molecule has 1 aromatic heterocycles. The van der Waals surface area contributed by atoms with Gasteiger partial charge in [0.25, 0.3) is 0 Å². The Kier molecular flexibility index (Phi) is 5.02. The van der Waals surface area contributed by atoms with E-state index in [9.17, 15) is 9.18 Å². The molecule has 0 radical (unpaired) electrons. The largest absolute Gasteiger partial charge is 0.322 e. The second-order valence-corrected chi connectivity index (χ2v) is 7.02. The first kappa shape index (κ1) is 17.4. The number of rotatable bonds is 2. The first-order valence-corrected chi connectivity index (χ1v) is 8.73. The number of halogens is 1. The van der Waals surface area contributed by atoms with Gasteiger partial charge in [-0.1, -0.05) is 13.0 Å². The summed E-state index contributed by atoms with van der Waals surface area (Å²) in [4.78, 5) is 18.4. The van der Waals surface area contributed by atoms with Crippen LogP contribution in [0.25, 0.3) is 11.1 Å². The molecule has 132 valence electrons. The van der Waals surface area contributed by atoms with Gasteiger partial charge in [0.15, 0.2) is 0 Å². The monoisotopic (exact) mass is 341 g/mol. The number of carbonyl (C=O) groups is 1. The summed E-state index contributed by atoms with van der Waals surface area (Å²) in [5, 5.41) is 2.98. The van der Waals surface area contributed by atoms with Crippen molar-refractivity contribution in [1.82, 2.24) is 9.88 Å². The van der Waals surface area contributed by atoms with E-state index in [0.717, 1.165) is 30.5 Å². The Bertz CT molecular complexity index is 777. The van der Waals surface area contributed by atoms with E-state index in [4.69, 9.17) is 0 Å². The molecule has 0 spiro atoms. The number of aromatic nitrogens is 1. The maximum Gasteiger partial charge on any atom is 0.322 e. The van der Waals surface area contributed by atoms with Gasteiger partial charge in [0.05, 0.1) is 6.20 Å². The number of anilines is 1. The first-order chi connectivity index (χ1) is 11.9. The van der Waals surface area contributed by atoms with Crippen molar-refractivity contribution >= 4 is 11.7 Å². The molecule has 1 saturated heterocycles. The number of likely N-dealkylation sites (tertiary alicyclic amines) is 1. The van der Waals surface area contributed by atoms with Gasteiger partial charge >= 0.3 is 6.03 Å². The third kappa shape index (κ3) is 3.98. The number of pyridine rings is 1. The molecule has 3 rings (SSSR count). The average Bonchev–Trinajstić information content (AvgIpc) is 2.56. The Morgan fingerprint density at radius 3 is 2.80 bits per heavy atom. The number of nitrogens with one attached hydrogen (secondary N) is 1. The smallest absolute Gasteiger partial charge is 0.322 e. The Labute approximate surface area is 148 Å². The van der Waals surface area contributed by atoms with Gasteiger partial charge in [-0.3, -0.25) is 4.98 Å². The second kappa shape index (κ2) is 7.21. The lowest BCUT2D eigenvalue weighted by molar-refractivity contribution is 0.150. The Morgan fingerprint density at radius 1 is 1.28 bits per heavy atom. The highest BCUT2D eigenvalue weighted by Crippen LogP contribution is 2.28. The number of amides is 2. The maximum absolute atomic E-state index is 13.5. The number of nitrogens with zero attached hydrogens (tertiary/aromatic N) is 2. The third-order valence-corrected chi connectivity index (χ3v) is 4.90. The van der Waals surface area contributed by atoms with E-state index in [1.165, 1.54) is 12.3 Å². The fraction of sp³-hybridized carbons (Fsp3) is 0.400. The van der Waals surface area contributed by atoms with Gasteiger partial charge in [0.2, 0.25) is 0 Å². The van der Waals surface area contributed by atoms with Crippen LogP contribution in [0.1, 0.15) is 32.3 Å². The zero-order chi connectivity index (χ0) is 18.0. The highest BCUT2D eigenvalue weighted by Gasteiger charge is 2.26. The van der Waals surface area contributed by atoms with E-state index in [2.05, 4.69) is 24.1 Å². The summed E-state index contributed by atoms with van der Waals surface area (Å²) in [7, 11) is 0. The molecule has 2 atom stereocenters. The van der Waals surface area contributed by atoms with Crippen LogP contribution >= 0.6 is 0 Å². The zero-order valence-corrected chi connectivity index (χ0v) is 14.9. The lowest BCUT2D eigenvalue weighted by Crippen LogP contribution is -2.46. The van der Waals surface area contributed by atoms with Crippen molar-refractivity contribution in [2.45, 2.75) is 39.7 Å². The second-order valence-electron chi connectivity index (χ2n) is 7.02. The summed E-state index contributed by atoms with van der Waals surface area (Å²) in [6.07, 6.45) is 4.88. The fourth-order valence-corrected chi connectivity index (χ4v) is 3.47. The van der Waals surface area contributed by atoms with Crippen molar-refractivity contribution in [3.8, 4) is 11.1 Å². The molecule has 5 heteroatoms. The van der Waals surface area contributed by atoms with Crippen LogP contribution in [0.3, 0.4) is 0 Å². The van der Waals surface area contributed by atoms with Crippen molar-refractivity contribution in [1.29, 1.82) is 0 Å². The van der Waals surface area contributed by atoms with Crippen LogP contribution in [-0.4, -0.2) is 28.5 Å². The number of piperidine rings is 1. The molecule has 0 saturated carbocycles. The van der Waals surface area contributed by atoms with Crippen molar-refractivity contribution in [3.05, 3.63) is 48.0 Å². The van der Waals surface area contributed by atoms with Crippen LogP contribution in [0, 0.1) is 18.7 Å². The Morgan fingerprint density at radius 2 is 2.08 bits per heavy atom. The van der Waals surface area contributed by atoms with Crippen LogP contribution in [0.15, 0.2) is 36.7 Å². The number of aryl methyl sites for hydroxylation is 1. The minimum Gasteiger partial charge on any atom is -0.322 e. The molecule has 4 nitrogen and oxygen atoms in total. The number of hydrogen-bond acceptors (Lipinski definition) is 2. The van der Waals surface area contributed by atoms with Gasteiger partial charge in [0.1, 0.15) is 5.82 Å². The lowest BCUT2D eigenvalue weighted by atomic mass is 9.94. The average molecular weight is 341 g/mol. The van der Waals surface area contributed by atoms with E-state index in [0.29, 0.717) is 17.2 Å². The predicted molar refractivity (Wildman–Crippen MR) is 98.0 cm³/mol. The van der Waals surface area contributed by atoms with Crippen molar-refractivity contribution in [2.24, 2.45) is 5.92 Å². The number of benzene rings is 1. The number of carbonyl (C=O) groups excluding carboxylic acids is 1. The van der Waals surface area contributed by atoms with Gasteiger partial charge in [-0.25, -0.2) is 9.18 Å². The van der Waals surface area contributed by atoms with Gasteiger partial charge in [-0.2, -0.15) is 0 Å². The molecular formula is C20H24FN3O. The van der Waals surface area contributed by atoms with Crippen LogP contribution < -0.4 is 5.32 Å². The minimum atomic E-state index is -0.373. The Balaban J connectivity index is 1.79. The van der Waals surface area contributed by atoms with Crippen molar-refractivity contribution in [3.63, 3.8) is 0 Å². The topological polar surface area (TPSA) is 45.2 Å². The molecule has 1 aliphatic heterocycles.